The minimum absolute atomic E-state index is 0.181. The van der Waals surface area contributed by atoms with Gasteiger partial charge in [0, 0.05) is 0 Å². The van der Waals surface area contributed by atoms with E-state index >= 15 is 0 Å². The van der Waals surface area contributed by atoms with Gasteiger partial charge in [-0.25, -0.2) is 0 Å². The van der Waals surface area contributed by atoms with E-state index in [0.717, 1.165) is 6.29 Å². The zero-order chi connectivity index (χ0) is 8.41. The van der Waals surface area contributed by atoms with Gasteiger partial charge < -0.3 is 15.4 Å². The molecule has 3 heteroatoms. The molecular weight excluding hydrogens is 128 g/mol. The molecule has 2 N–H and O–H groups in total. The number of carbonyl (C=O) groups is 1. The van der Waals surface area contributed by atoms with Gasteiger partial charge in [0.15, 0.2) is 0 Å². The predicted octanol–water partition coefficient (Wildman–Crippen LogP) is -0.205. The third-order valence-electron chi connectivity index (χ3n) is 0.734. The van der Waals surface area contributed by atoms with Crippen LogP contribution in [0.25, 0.3) is 0 Å². The van der Waals surface area contributed by atoms with Crippen molar-refractivity contribution in [3.05, 3.63) is 12.7 Å². The van der Waals surface area contributed by atoms with Crippen molar-refractivity contribution in [3.8, 4) is 0 Å². The second-order valence-electron chi connectivity index (χ2n) is 1.69. The van der Waals surface area contributed by atoms with Crippen LogP contribution >= 0.6 is 0 Å². The number of nitrogens with one attached hydrogen (secondary N) is 2. The molecule has 0 aliphatic rings. The van der Waals surface area contributed by atoms with E-state index in [4.69, 9.17) is 0 Å². The average molecular weight is 144 g/mol. The van der Waals surface area contributed by atoms with Crippen molar-refractivity contribution >= 4 is 6.29 Å². The quantitative estimate of drug-likeness (QED) is 0.425. The summed E-state index contributed by atoms with van der Waals surface area (Å²) in [7, 11) is 5.46. The summed E-state index contributed by atoms with van der Waals surface area (Å²) in [5.74, 6) is 0. The molecule has 0 aromatic rings. The van der Waals surface area contributed by atoms with Crippen molar-refractivity contribution in [1.29, 1.82) is 0 Å². The van der Waals surface area contributed by atoms with Gasteiger partial charge in [-0.05, 0) is 21.1 Å². The molecular formula is C7H16N2O. The molecule has 0 aliphatic carbocycles. The summed E-state index contributed by atoms with van der Waals surface area (Å²) in [5.41, 5.74) is 0. The molecule has 0 bridgehead atoms. The molecule has 0 radical (unpaired) electrons. The Hall–Kier alpha value is -0.670. The lowest BCUT2D eigenvalue weighted by Crippen LogP contribution is -2.23. The Balaban J connectivity index is 0. The lowest BCUT2D eigenvalue weighted by atomic mass is 10.3. The van der Waals surface area contributed by atoms with E-state index in [2.05, 4.69) is 17.2 Å². The Morgan fingerprint density at radius 3 is 1.80 bits per heavy atom. The fourth-order valence-electron chi connectivity index (χ4n) is 0.241. The SMILES string of the molecule is C=CC(C=O)NC.CNC. The van der Waals surface area contributed by atoms with E-state index in [0.29, 0.717) is 0 Å². The fraction of sp³-hybridized carbons (Fsp3) is 0.571. The zero-order valence-corrected chi connectivity index (χ0v) is 6.85. The van der Waals surface area contributed by atoms with Gasteiger partial charge in [0.2, 0.25) is 0 Å². The van der Waals surface area contributed by atoms with Crippen LogP contribution in [-0.2, 0) is 4.79 Å². The summed E-state index contributed by atoms with van der Waals surface area (Å²) < 4.78 is 0. The number of hydrogen-bond acceptors (Lipinski definition) is 3. The molecule has 0 amide bonds. The van der Waals surface area contributed by atoms with Crippen molar-refractivity contribution in [2.75, 3.05) is 21.1 Å². The minimum atomic E-state index is -0.181. The molecule has 0 aliphatic heterocycles. The van der Waals surface area contributed by atoms with Gasteiger partial charge in [-0.1, -0.05) is 6.08 Å². The molecule has 3 nitrogen and oxygen atoms in total. The van der Waals surface area contributed by atoms with Crippen LogP contribution in [0.4, 0.5) is 0 Å². The maximum atomic E-state index is 9.83. The monoisotopic (exact) mass is 144 g/mol. The van der Waals surface area contributed by atoms with Crippen molar-refractivity contribution in [1.82, 2.24) is 10.6 Å². The lowest BCUT2D eigenvalue weighted by molar-refractivity contribution is -0.108. The van der Waals surface area contributed by atoms with Crippen molar-refractivity contribution in [2.45, 2.75) is 6.04 Å². The van der Waals surface area contributed by atoms with Crippen LogP contribution in [-0.4, -0.2) is 33.5 Å². The third-order valence-corrected chi connectivity index (χ3v) is 0.734. The molecule has 0 heterocycles. The summed E-state index contributed by atoms with van der Waals surface area (Å²) in [4.78, 5) is 9.83. The topological polar surface area (TPSA) is 41.1 Å². The van der Waals surface area contributed by atoms with Gasteiger partial charge >= 0.3 is 0 Å². The predicted molar refractivity (Wildman–Crippen MR) is 44.1 cm³/mol. The van der Waals surface area contributed by atoms with E-state index < -0.39 is 0 Å². The smallest absolute Gasteiger partial charge is 0.140 e. The van der Waals surface area contributed by atoms with Crippen molar-refractivity contribution in [2.24, 2.45) is 0 Å². The average Bonchev–Trinajstić information content (AvgIpc) is 1.93. The van der Waals surface area contributed by atoms with E-state index in [9.17, 15) is 4.79 Å². The van der Waals surface area contributed by atoms with Gasteiger partial charge in [-0.3, -0.25) is 0 Å². The first kappa shape index (κ1) is 12.0. The van der Waals surface area contributed by atoms with E-state index in [1.165, 1.54) is 0 Å². The van der Waals surface area contributed by atoms with Crippen LogP contribution in [0.2, 0.25) is 0 Å². The maximum Gasteiger partial charge on any atom is 0.140 e. The first-order valence-electron chi connectivity index (χ1n) is 3.10. The highest BCUT2D eigenvalue weighted by Crippen LogP contribution is 1.71. The third kappa shape index (κ3) is 10.3. The Morgan fingerprint density at radius 1 is 1.40 bits per heavy atom. The van der Waals surface area contributed by atoms with E-state index in [1.54, 1.807) is 13.1 Å². The summed E-state index contributed by atoms with van der Waals surface area (Å²) >= 11 is 0. The number of aldehydes is 1. The molecule has 0 saturated carbocycles. The summed E-state index contributed by atoms with van der Waals surface area (Å²) in [5, 5.41) is 5.47. The van der Waals surface area contributed by atoms with Crippen molar-refractivity contribution < 1.29 is 4.79 Å². The Bertz CT molecular complexity index is 75.7. The van der Waals surface area contributed by atoms with E-state index in [-0.39, 0.29) is 6.04 Å². The van der Waals surface area contributed by atoms with Gasteiger partial charge in [-0.15, -0.1) is 6.58 Å². The molecule has 1 atom stereocenters. The number of carbonyl (C=O) groups excluding carboxylic acids is 1. The summed E-state index contributed by atoms with van der Waals surface area (Å²) in [6.45, 7) is 3.41. The molecule has 0 saturated heterocycles. The normalized spacial score (nSPS) is 10.7. The summed E-state index contributed by atoms with van der Waals surface area (Å²) in [6.07, 6.45) is 2.35. The van der Waals surface area contributed by atoms with Gasteiger partial charge in [0.1, 0.15) is 6.29 Å². The maximum absolute atomic E-state index is 9.83. The fourth-order valence-corrected chi connectivity index (χ4v) is 0.241. The minimum Gasteiger partial charge on any atom is -0.323 e. The molecule has 1 unspecified atom stereocenters. The second-order valence-corrected chi connectivity index (χ2v) is 1.69. The van der Waals surface area contributed by atoms with Crippen LogP contribution < -0.4 is 10.6 Å². The largest absolute Gasteiger partial charge is 0.323 e. The highest BCUT2D eigenvalue weighted by Gasteiger charge is 1.91. The van der Waals surface area contributed by atoms with E-state index in [1.807, 2.05) is 14.1 Å². The molecule has 10 heavy (non-hydrogen) atoms. The molecule has 0 aromatic carbocycles. The number of likely N-dealkylation sites (N-methyl/N-ethyl adjacent to an activating group) is 1. The Morgan fingerprint density at radius 2 is 1.80 bits per heavy atom. The Kier molecular flexibility index (Phi) is 13.5. The molecule has 0 spiro atoms. The molecule has 60 valence electrons. The van der Waals surface area contributed by atoms with Crippen LogP contribution in [0.15, 0.2) is 12.7 Å². The van der Waals surface area contributed by atoms with Gasteiger partial charge in [0.05, 0.1) is 6.04 Å². The highest BCUT2D eigenvalue weighted by atomic mass is 16.1. The highest BCUT2D eigenvalue weighted by molar-refractivity contribution is 5.60. The van der Waals surface area contributed by atoms with Gasteiger partial charge in [-0.2, -0.15) is 0 Å². The molecule has 0 fully saturated rings. The molecule has 0 aromatic heterocycles. The van der Waals surface area contributed by atoms with Crippen LogP contribution in [0.3, 0.4) is 0 Å². The van der Waals surface area contributed by atoms with Crippen LogP contribution in [0.5, 0.6) is 0 Å². The molecule has 0 rings (SSSR count). The second kappa shape index (κ2) is 11.2. The Labute approximate surface area is 62.5 Å². The first-order chi connectivity index (χ1) is 4.76. The summed E-state index contributed by atoms with van der Waals surface area (Å²) in [6, 6.07) is -0.181. The number of hydrogen-bond donors (Lipinski definition) is 2. The first-order valence-corrected chi connectivity index (χ1v) is 3.10. The van der Waals surface area contributed by atoms with Gasteiger partial charge in [0.25, 0.3) is 0 Å². The van der Waals surface area contributed by atoms with Crippen molar-refractivity contribution in [3.63, 3.8) is 0 Å². The lowest BCUT2D eigenvalue weighted by Gasteiger charge is -1.96. The number of rotatable bonds is 3. The standard InChI is InChI=1S/C5H9NO.C2H7N/c1-3-5(4-7)6-2;1-3-2/h3-6H,1H2,2H3;3H,1-2H3. The van der Waals surface area contributed by atoms with Crippen LogP contribution in [0.1, 0.15) is 0 Å². The zero-order valence-electron chi connectivity index (χ0n) is 6.85. The van der Waals surface area contributed by atoms with Crippen LogP contribution in [0, 0.1) is 0 Å².